The summed E-state index contributed by atoms with van der Waals surface area (Å²) in [4.78, 5) is 4.10. The number of nitrogens with zero attached hydrogens (tertiary/aromatic N) is 1. The fourth-order valence-electron chi connectivity index (χ4n) is 2.57. The van der Waals surface area contributed by atoms with Crippen molar-refractivity contribution in [3.8, 4) is 11.5 Å². The first-order chi connectivity index (χ1) is 12.8. The van der Waals surface area contributed by atoms with Crippen LogP contribution in [0.5, 0.6) is 11.5 Å². The van der Waals surface area contributed by atoms with E-state index < -0.39 is 0 Å². The van der Waals surface area contributed by atoms with Gasteiger partial charge < -0.3 is 14.8 Å². The molecule has 1 N–H and O–H groups in total. The lowest BCUT2D eigenvalue weighted by molar-refractivity contribution is 0.279. The van der Waals surface area contributed by atoms with Crippen LogP contribution in [0.3, 0.4) is 0 Å². The summed E-state index contributed by atoms with van der Waals surface area (Å²) in [5.74, 6) is 0.941. The SMILES string of the molecule is COc1cc(CNCc2cccnc2)ccc1OCc1ccccc1F.Cl.Cl. The van der Waals surface area contributed by atoms with Crippen LogP contribution in [0.15, 0.2) is 67.0 Å². The van der Waals surface area contributed by atoms with Crippen LogP contribution >= 0.6 is 24.8 Å². The molecule has 0 spiro atoms. The van der Waals surface area contributed by atoms with Gasteiger partial charge in [0.05, 0.1) is 7.11 Å². The Kier molecular flexibility index (Phi) is 10.3. The third-order valence-corrected chi connectivity index (χ3v) is 3.95. The monoisotopic (exact) mass is 424 g/mol. The molecule has 2 aromatic carbocycles. The van der Waals surface area contributed by atoms with E-state index >= 15 is 0 Å². The van der Waals surface area contributed by atoms with Gasteiger partial charge in [0.25, 0.3) is 0 Å². The Hall–Kier alpha value is -2.34. The van der Waals surface area contributed by atoms with Crippen molar-refractivity contribution in [3.63, 3.8) is 0 Å². The van der Waals surface area contributed by atoms with Crippen LogP contribution in [0.1, 0.15) is 16.7 Å². The summed E-state index contributed by atoms with van der Waals surface area (Å²) in [5.41, 5.74) is 2.71. The second-order valence-corrected chi connectivity index (χ2v) is 5.83. The number of hydrogen-bond acceptors (Lipinski definition) is 4. The molecular formula is C21H23Cl2FN2O2. The first-order valence-electron chi connectivity index (χ1n) is 8.39. The zero-order valence-electron chi connectivity index (χ0n) is 15.4. The Morgan fingerprint density at radius 2 is 1.71 bits per heavy atom. The van der Waals surface area contributed by atoms with Gasteiger partial charge in [-0.15, -0.1) is 24.8 Å². The first-order valence-corrected chi connectivity index (χ1v) is 8.39. The molecule has 0 unspecified atom stereocenters. The van der Waals surface area contributed by atoms with E-state index in [4.69, 9.17) is 9.47 Å². The van der Waals surface area contributed by atoms with E-state index in [0.29, 0.717) is 23.6 Å². The quantitative estimate of drug-likeness (QED) is 0.555. The molecule has 3 aromatic rings. The van der Waals surface area contributed by atoms with Crippen LogP contribution in [0, 0.1) is 5.82 Å². The van der Waals surface area contributed by atoms with Crippen molar-refractivity contribution < 1.29 is 13.9 Å². The molecule has 1 heterocycles. The third kappa shape index (κ3) is 6.68. The second kappa shape index (κ2) is 12.2. The smallest absolute Gasteiger partial charge is 0.161 e. The fraction of sp³-hybridized carbons (Fsp3) is 0.190. The van der Waals surface area contributed by atoms with E-state index in [1.54, 1.807) is 31.5 Å². The number of pyridine rings is 1. The lowest BCUT2D eigenvalue weighted by atomic mass is 10.2. The molecule has 0 atom stereocenters. The minimum atomic E-state index is -0.275. The molecule has 150 valence electrons. The summed E-state index contributed by atoms with van der Waals surface area (Å²) in [6, 6.07) is 16.3. The summed E-state index contributed by atoms with van der Waals surface area (Å²) in [5, 5.41) is 3.37. The lowest BCUT2D eigenvalue weighted by Gasteiger charge is -2.13. The highest BCUT2D eigenvalue weighted by Gasteiger charge is 2.08. The van der Waals surface area contributed by atoms with Crippen molar-refractivity contribution in [1.82, 2.24) is 10.3 Å². The summed E-state index contributed by atoms with van der Waals surface area (Å²) in [6.45, 7) is 1.59. The maximum atomic E-state index is 13.7. The Bertz CT molecular complexity index is 851. The van der Waals surface area contributed by atoms with Crippen LogP contribution in [-0.2, 0) is 19.7 Å². The molecule has 0 aliphatic heterocycles. The molecule has 0 aliphatic rings. The van der Waals surface area contributed by atoms with Crippen LogP contribution in [0.25, 0.3) is 0 Å². The molecule has 3 rings (SSSR count). The van der Waals surface area contributed by atoms with E-state index in [2.05, 4.69) is 10.3 Å². The second-order valence-electron chi connectivity index (χ2n) is 5.83. The number of nitrogens with one attached hydrogen (secondary N) is 1. The van der Waals surface area contributed by atoms with Gasteiger partial charge in [-0.1, -0.05) is 30.3 Å². The predicted octanol–water partition coefficient (Wildman–Crippen LogP) is 4.94. The van der Waals surface area contributed by atoms with E-state index in [1.165, 1.54) is 6.07 Å². The van der Waals surface area contributed by atoms with Crippen molar-refractivity contribution >= 4 is 24.8 Å². The number of aromatic nitrogens is 1. The molecule has 1 aromatic heterocycles. The van der Waals surface area contributed by atoms with Gasteiger partial charge in [0.1, 0.15) is 12.4 Å². The standard InChI is InChI=1S/C21H21FN2O2.2ClH/c1-25-21-11-16(12-24-14-17-5-4-10-23-13-17)8-9-20(21)26-15-18-6-2-3-7-19(18)22;;/h2-11,13,24H,12,14-15H2,1H3;2*1H. The van der Waals surface area contributed by atoms with Crippen molar-refractivity contribution in [3.05, 3.63) is 89.5 Å². The van der Waals surface area contributed by atoms with Gasteiger partial charge in [-0.05, 0) is 35.4 Å². The van der Waals surface area contributed by atoms with E-state index in [9.17, 15) is 4.39 Å². The largest absolute Gasteiger partial charge is 0.493 e. The average Bonchev–Trinajstić information content (AvgIpc) is 2.68. The topological polar surface area (TPSA) is 43.4 Å². The molecule has 7 heteroatoms. The molecule has 0 fully saturated rings. The number of hydrogen-bond donors (Lipinski definition) is 1. The summed E-state index contributed by atoms with van der Waals surface area (Å²) >= 11 is 0. The normalized spacial score (nSPS) is 9.79. The fourth-order valence-corrected chi connectivity index (χ4v) is 2.57. The van der Waals surface area contributed by atoms with Gasteiger partial charge >= 0.3 is 0 Å². The lowest BCUT2D eigenvalue weighted by Crippen LogP contribution is -2.12. The van der Waals surface area contributed by atoms with Gasteiger partial charge in [-0.25, -0.2) is 4.39 Å². The molecule has 0 bridgehead atoms. The van der Waals surface area contributed by atoms with Crippen LogP contribution in [-0.4, -0.2) is 12.1 Å². The number of ether oxygens (including phenoxy) is 2. The maximum Gasteiger partial charge on any atom is 0.161 e. The van der Waals surface area contributed by atoms with E-state index in [0.717, 1.165) is 17.7 Å². The van der Waals surface area contributed by atoms with Crippen molar-refractivity contribution in [2.24, 2.45) is 0 Å². The van der Waals surface area contributed by atoms with Crippen LogP contribution < -0.4 is 14.8 Å². The van der Waals surface area contributed by atoms with Crippen molar-refractivity contribution in [2.45, 2.75) is 19.7 Å². The summed E-state index contributed by atoms with van der Waals surface area (Å²) in [6.07, 6.45) is 3.60. The van der Waals surface area contributed by atoms with Crippen LogP contribution in [0.4, 0.5) is 4.39 Å². The first kappa shape index (κ1) is 23.7. The maximum absolute atomic E-state index is 13.7. The zero-order chi connectivity index (χ0) is 18.2. The number of halogens is 3. The Morgan fingerprint density at radius 3 is 2.43 bits per heavy atom. The zero-order valence-corrected chi connectivity index (χ0v) is 17.1. The molecule has 0 aliphatic carbocycles. The van der Waals surface area contributed by atoms with Crippen LogP contribution in [0.2, 0.25) is 0 Å². The minimum absolute atomic E-state index is 0. The molecule has 0 saturated heterocycles. The molecule has 4 nitrogen and oxygen atoms in total. The van der Waals surface area contributed by atoms with Gasteiger partial charge in [0.15, 0.2) is 11.5 Å². The third-order valence-electron chi connectivity index (χ3n) is 3.95. The minimum Gasteiger partial charge on any atom is -0.493 e. The molecule has 28 heavy (non-hydrogen) atoms. The molecular weight excluding hydrogens is 402 g/mol. The van der Waals surface area contributed by atoms with Gasteiger partial charge in [-0.3, -0.25) is 4.98 Å². The average molecular weight is 425 g/mol. The number of rotatable bonds is 8. The number of benzene rings is 2. The molecule has 0 radical (unpaired) electrons. The van der Waals surface area contributed by atoms with E-state index in [-0.39, 0.29) is 37.2 Å². The van der Waals surface area contributed by atoms with Gasteiger partial charge in [0, 0.05) is 31.0 Å². The highest BCUT2D eigenvalue weighted by atomic mass is 35.5. The Balaban J connectivity index is 0.00000196. The Morgan fingerprint density at radius 1 is 0.929 bits per heavy atom. The number of methoxy groups -OCH3 is 1. The predicted molar refractivity (Wildman–Crippen MR) is 113 cm³/mol. The van der Waals surface area contributed by atoms with Crippen molar-refractivity contribution in [2.75, 3.05) is 7.11 Å². The van der Waals surface area contributed by atoms with Gasteiger partial charge in [-0.2, -0.15) is 0 Å². The molecule has 0 saturated carbocycles. The van der Waals surface area contributed by atoms with Crippen molar-refractivity contribution in [1.29, 1.82) is 0 Å². The summed E-state index contributed by atoms with van der Waals surface area (Å²) < 4.78 is 24.8. The van der Waals surface area contributed by atoms with E-state index in [1.807, 2.05) is 36.5 Å². The highest BCUT2D eigenvalue weighted by molar-refractivity contribution is 5.85. The highest BCUT2D eigenvalue weighted by Crippen LogP contribution is 2.29. The Labute approximate surface area is 176 Å². The molecule has 0 amide bonds. The summed E-state index contributed by atoms with van der Waals surface area (Å²) in [7, 11) is 1.60. The van der Waals surface area contributed by atoms with Gasteiger partial charge in [0.2, 0.25) is 0 Å².